The molecule has 1 aliphatic heterocycles. The number of halogens is 1. The number of aromatic nitrogens is 1. The summed E-state index contributed by atoms with van der Waals surface area (Å²) in [6, 6.07) is 10.4. The van der Waals surface area contributed by atoms with Crippen LogP contribution in [0.3, 0.4) is 0 Å². The Morgan fingerprint density at radius 2 is 1.91 bits per heavy atom. The first kappa shape index (κ1) is 20.5. The molecule has 33 heavy (non-hydrogen) atoms. The summed E-state index contributed by atoms with van der Waals surface area (Å²) >= 11 is 0. The molecule has 1 N–H and O–H groups in total. The third-order valence-corrected chi connectivity index (χ3v) is 8.12. The quantitative estimate of drug-likeness (QED) is 0.511. The predicted molar refractivity (Wildman–Crippen MR) is 122 cm³/mol. The zero-order valence-corrected chi connectivity index (χ0v) is 18.6. The van der Waals surface area contributed by atoms with Crippen LogP contribution in [0.5, 0.6) is 0 Å². The van der Waals surface area contributed by atoms with E-state index in [9.17, 15) is 19.1 Å². The van der Waals surface area contributed by atoms with E-state index in [1.54, 1.807) is 6.07 Å². The third-order valence-electron chi connectivity index (χ3n) is 8.12. The van der Waals surface area contributed by atoms with Gasteiger partial charge in [-0.1, -0.05) is 25.3 Å². The van der Waals surface area contributed by atoms with Crippen molar-refractivity contribution in [2.75, 3.05) is 7.11 Å². The molecule has 2 saturated carbocycles. The lowest BCUT2D eigenvalue weighted by Gasteiger charge is -2.24. The van der Waals surface area contributed by atoms with Crippen LogP contribution in [0.25, 0.3) is 22.2 Å². The van der Waals surface area contributed by atoms with Crippen LogP contribution < -0.4 is 0 Å². The van der Waals surface area contributed by atoms with E-state index in [1.807, 2.05) is 18.2 Å². The van der Waals surface area contributed by atoms with Gasteiger partial charge in [0, 0.05) is 28.9 Å². The van der Waals surface area contributed by atoms with Crippen molar-refractivity contribution in [3.05, 3.63) is 58.9 Å². The molecule has 170 valence electrons. The van der Waals surface area contributed by atoms with Gasteiger partial charge < -0.3 is 14.4 Å². The van der Waals surface area contributed by atoms with Crippen molar-refractivity contribution in [1.82, 2.24) is 4.57 Å². The molecule has 0 amide bonds. The Morgan fingerprint density at radius 1 is 1.12 bits per heavy atom. The van der Waals surface area contributed by atoms with Gasteiger partial charge in [0.2, 0.25) is 0 Å². The number of carboxylic acids is 1. The van der Waals surface area contributed by atoms with Gasteiger partial charge in [0.15, 0.2) is 0 Å². The third kappa shape index (κ3) is 2.89. The molecule has 0 spiro atoms. The van der Waals surface area contributed by atoms with E-state index >= 15 is 0 Å². The van der Waals surface area contributed by atoms with Crippen LogP contribution in [-0.4, -0.2) is 28.7 Å². The second-order valence-electron chi connectivity index (χ2n) is 9.86. The summed E-state index contributed by atoms with van der Waals surface area (Å²) in [5.41, 5.74) is 4.29. The first-order chi connectivity index (χ1) is 15.9. The van der Waals surface area contributed by atoms with E-state index in [0.717, 1.165) is 53.4 Å². The molecule has 3 aromatic rings. The van der Waals surface area contributed by atoms with E-state index in [2.05, 4.69) is 4.57 Å². The minimum absolute atomic E-state index is 0.210. The van der Waals surface area contributed by atoms with Crippen molar-refractivity contribution in [2.45, 2.75) is 56.9 Å². The summed E-state index contributed by atoms with van der Waals surface area (Å²) in [5, 5.41) is 11.3. The summed E-state index contributed by atoms with van der Waals surface area (Å²) < 4.78 is 21.4. The summed E-state index contributed by atoms with van der Waals surface area (Å²) in [5.74, 6) is -1.45. The van der Waals surface area contributed by atoms with Crippen molar-refractivity contribution in [1.29, 1.82) is 0 Å². The van der Waals surface area contributed by atoms with Gasteiger partial charge in [-0.15, -0.1) is 0 Å². The molecule has 2 aromatic carbocycles. The van der Waals surface area contributed by atoms with Crippen molar-refractivity contribution in [2.24, 2.45) is 5.41 Å². The second kappa shape index (κ2) is 7.17. The number of fused-ring (bicyclic) bond motifs is 7. The highest BCUT2D eigenvalue weighted by Crippen LogP contribution is 2.65. The molecule has 1 aromatic heterocycles. The van der Waals surface area contributed by atoms with Crippen molar-refractivity contribution in [3.63, 3.8) is 0 Å². The highest BCUT2D eigenvalue weighted by Gasteiger charge is 2.63. The zero-order chi connectivity index (χ0) is 22.9. The molecule has 2 unspecified atom stereocenters. The minimum Gasteiger partial charge on any atom is -0.481 e. The maximum absolute atomic E-state index is 14.4. The van der Waals surface area contributed by atoms with Crippen molar-refractivity contribution in [3.8, 4) is 11.3 Å². The Hall–Kier alpha value is -3.15. The Kier molecular flexibility index (Phi) is 4.45. The highest BCUT2D eigenvalue weighted by molar-refractivity contribution is 5.99. The molecule has 2 atom stereocenters. The molecule has 0 bridgehead atoms. The average Bonchev–Trinajstić information content (AvgIpc) is 3.50. The molecule has 2 heterocycles. The SMILES string of the molecule is COC(=O)c1ccc2c(C3CCCCC3)c3n(c2c1)CC1(C(=O)O)CC1c1cc(F)ccc1-3. The number of carbonyl (C=O) groups is 2. The summed E-state index contributed by atoms with van der Waals surface area (Å²) in [7, 11) is 1.36. The minimum atomic E-state index is -0.954. The number of hydrogen-bond acceptors (Lipinski definition) is 3. The van der Waals surface area contributed by atoms with Gasteiger partial charge in [0.25, 0.3) is 0 Å². The molecule has 2 aliphatic carbocycles. The molecular weight excluding hydrogens is 421 g/mol. The summed E-state index contributed by atoms with van der Waals surface area (Å²) in [4.78, 5) is 24.8. The lowest BCUT2D eigenvalue weighted by molar-refractivity contribution is -0.144. The summed E-state index contributed by atoms with van der Waals surface area (Å²) in [6.07, 6.45) is 6.20. The fourth-order valence-corrected chi connectivity index (χ4v) is 6.39. The molecule has 0 radical (unpaired) electrons. The van der Waals surface area contributed by atoms with E-state index in [4.69, 9.17) is 4.74 Å². The molecule has 3 aliphatic rings. The molecule has 2 fully saturated rings. The molecule has 5 nitrogen and oxygen atoms in total. The van der Waals surface area contributed by atoms with Crippen LogP contribution >= 0.6 is 0 Å². The Bertz CT molecular complexity index is 1320. The number of esters is 1. The number of rotatable bonds is 3. The fourth-order valence-electron chi connectivity index (χ4n) is 6.39. The van der Waals surface area contributed by atoms with Gasteiger partial charge in [-0.2, -0.15) is 0 Å². The van der Waals surface area contributed by atoms with Crippen LogP contribution in [0.2, 0.25) is 0 Å². The lowest BCUT2D eigenvalue weighted by atomic mass is 9.81. The monoisotopic (exact) mass is 447 g/mol. The maximum Gasteiger partial charge on any atom is 0.337 e. The van der Waals surface area contributed by atoms with Gasteiger partial charge in [0.05, 0.1) is 23.8 Å². The van der Waals surface area contributed by atoms with Crippen LogP contribution in [0, 0.1) is 11.2 Å². The van der Waals surface area contributed by atoms with Crippen LogP contribution in [-0.2, 0) is 16.1 Å². The Morgan fingerprint density at radius 3 is 2.64 bits per heavy atom. The predicted octanol–water partition coefficient (Wildman–Crippen LogP) is 5.85. The van der Waals surface area contributed by atoms with Gasteiger partial charge in [-0.3, -0.25) is 4.79 Å². The number of ether oxygens (including phenoxy) is 1. The van der Waals surface area contributed by atoms with Gasteiger partial charge >= 0.3 is 11.9 Å². The second-order valence-corrected chi connectivity index (χ2v) is 9.86. The number of nitrogens with zero attached hydrogens (tertiary/aromatic N) is 1. The summed E-state index contributed by atoms with van der Waals surface area (Å²) in [6.45, 7) is 0.312. The lowest BCUT2D eigenvalue weighted by Crippen LogP contribution is -2.22. The number of methoxy groups -OCH3 is 1. The van der Waals surface area contributed by atoms with Crippen LogP contribution in [0.4, 0.5) is 4.39 Å². The Balaban J connectivity index is 1.69. The first-order valence-electron chi connectivity index (χ1n) is 11.7. The topological polar surface area (TPSA) is 68.5 Å². The largest absolute Gasteiger partial charge is 0.481 e. The van der Waals surface area contributed by atoms with Gasteiger partial charge in [0.1, 0.15) is 5.82 Å². The number of aliphatic carboxylic acids is 1. The Labute approximate surface area is 191 Å². The zero-order valence-electron chi connectivity index (χ0n) is 18.6. The van der Waals surface area contributed by atoms with E-state index in [1.165, 1.54) is 31.2 Å². The molecule has 6 rings (SSSR count). The smallest absolute Gasteiger partial charge is 0.337 e. The number of hydrogen-bond donors (Lipinski definition) is 1. The highest BCUT2D eigenvalue weighted by atomic mass is 19.1. The van der Waals surface area contributed by atoms with E-state index < -0.39 is 17.4 Å². The molecule has 0 saturated heterocycles. The maximum atomic E-state index is 14.4. The van der Waals surface area contributed by atoms with Gasteiger partial charge in [-0.05, 0) is 66.6 Å². The van der Waals surface area contributed by atoms with E-state index in [-0.39, 0.29) is 11.7 Å². The number of carbonyl (C=O) groups excluding carboxylic acids is 1. The standard InChI is InChI=1S/C27H26FNO4/c1-33-25(30)16-7-9-19-22(11-16)29-14-27(26(31)32)13-21(27)20-12-17(28)8-10-18(20)24(29)23(19)15-5-3-2-4-6-15/h7-12,15,21H,2-6,13-14H2,1H3,(H,31,32). The van der Waals surface area contributed by atoms with Crippen LogP contribution in [0.1, 0.15) is 71.8 Å². The number of carboxylic acid groups (broad SMARTS) is 1. The van der Waals surface area contributed by atoms with Gasteiger partial charge in [-0.25, -0.2) is 9.18 Å². The fraction of sp³-hybridized carbons (Fsp3) is 0.407. The van der Waals surface area contributed by atoms with Crippen molar-refractivity contribution < 1.29 is 23.8 Å². The first-order valence-corrected chi connectivity index (χ1v) is 11.7. The normalized spacial score (nSPS) is 23.9. The van der Waals surface area contributed by atoms with E-state index in [0.29, 0.717) is 24.4 Å². The number of benzene rings is 2. The van der Waals surface area contributed by atoms with Crippen molar-refractivity contribution >= 4 is 22.8 Å². The molecule has 6 heteroatoms. The average molecular weight is 448 g/mol. The van der Waals surface area contributed by atoms with Crippen LogP contribution in [0.15, 0.2) is 36.4 Å². The molecular formula is C27H26FNO4.